The maximum atomic E-state index is 6.11. The van der Waals surface area contributed by atoms with Crippen LogP contribution in [0.1, 0.15) is 33.1 Å². The lowest BCUT2D eigenvalue weighted by Gasteiger charge is -2.46. The van der Waals surface area contributed by atoms with Gasteiger partial charge in [-0.3, -0.25) is 0 Å². The molecular formula is C12H18O4. The van der Waals surface area contributed by atoms with E-state index in [9.17, 15) is 0 Å². The summed E-state index contributed by atoms with van der Waals surface area (Å²) in [6, 6.07) is 0. The Bertz CT molecular complexity index is 319. The van der Waals surface area contributed by atoms with Gasteiger partial charge in [0.2, 0.25) is 5.79 Å². The first kappa shape index (κ1) is 10.7. The second kappa shape index (κ2) is 3.53. The summed E-state index contributed by atoms with van der Waals surface area (Å²) in [5, 5.41) is 0. The van der Waals surface area contributed by atoms with E-state index in [-0.39, 0.29) is 11.7 Å². The fourth-order valence-corrected chi connectivity index (χ4v) is 2.69. The Morgan fingerprint density at radius 2 is 2.00 bits per heavy atom. The van der Waals surface area contributed by atoms with Crippen LogP contribution in [0.3, 0.4) is 0 Å². The van der Waals surface area contributed by atoms with Gasteiger partial charge in [0.1, 0.15) is 11.7 Å². The quantitative estimate of drug-likeness (QED) is 0.467. The minimum atomic E-state index is -0.580. The molecule has 0 N–H and O–H groups in total. The molecule has 2 heterocycles. The molecular weight excluding hydrogens is 208 g/mol. The lowest BCUT2D eigenvalue weighted by Crippen LogP contribution is -2.56. The van der Waals surface area contributed by atoms with Crippen molar-refractivity contribution in [3.8, 4) is 0 Å². The van der Waals surface area contributed by atoms with E-state index in [1.807, 2.05) is 6.92 Å². The minimum absolute atomic E-state index is 0.0133. The smallest absolute Gasteiger partial charge is 0.206 e. The molecule has 0 aromatic heterocycles. The zero-order valence-corrected chi connectivity index (χ0v) is 9.82. The van der Waals surface area contributed by atoms with Crippen molar-refractivity contribution in [3.63, 3.8) is 0 Å². The predicted octanol–water partition coefficient (Wildman–Crippen LogP) is 1.95. The fraction of sp³-hybridized carbons (Fsp3) is 0.833. The Labute approximate surface area is 95.4 Å². The third-order valence-electron chi connectivity index (χ3n) is 3.65. The summed E-state index contributed by atoms with van der Waals surface area (Å²) in [5.41, 5.74) is 0.966. The van der Waals surface area contributed by atoms with Crippen molar-refractivity contribution < 1.29 is 19.2 Å². The van der Waals surface area contributed by atoms with Crippen molar-refractivity contribution in [2.24, 2.45) is 0 Å². The lowest BCUT2D eigenvalue weighted by molar-refractivity contribution is -0.525. The van der Waals surface area contributed by atoms with Crippen LogP contribution < -0.4 is 0 Å². The Morgan fingerprint density at radius 3 is 2.75 bits per heavy atom. The summed E-state index contributed by atoms with van der Waals surface area (Å²) in [5.74, 6) is -0.580. The predicted molar refractivity (Wildman–Crippen MR) is 56.6 cm³/mol. The highest BCUT2D eigenvalue weighted by molar-refractivity contribution is 5.20. The van der Waals surface area contributed by atoms with Crippen molar-refractivity contribution in [1.82, 2.24) is 0 Å². The maximum absolute atomic E-state index is 6.11. The van der Waals surface area contributed by atoms with Gasteiger partial charge in [-0.25, -0.2) is 9.78 Å². The van der Waals surface area contributed by atoms with E-state index in [1.54, 1.807) is 0 Å². The molecule has 2 fully saturated rings. The number of hydrogen-bond donors (Lipinski definition) is 0. The monoisotopic (exact) mass is 226 g/mol. The highest BCUT2D eigenvalue weighted by Gasteiger charge is 2.52. The first-order valence-corrected chi connectivity index (χ1v) is 5.92. The van der Waals surface area contributed by atoms with Crippen molar-refractivity contribution in [1.29, 1.82) is 0 Å². The third-order valence-corrected chi connectivity index (χ3v) is 3.65. The summed E-state index contributed by atoms with van der Waals surface area (Å²) in [6.07, 6.45) is 4.53. The van der Waals surface area contributed by atoms with Crippen LogP contribution in [0.25, 0.3) is 0 Å². The van der Waals surface area contributed by atoms with E-state index in [0.717, 1.165) is 19.3 Å². The summed E-state index contributed by atoms with van der Waals surface area (Å²) < 4.78 is 11.4. The van der Waals surface area contributed by atoms with Crippen LogP contribution in [0.4, 0.5) is 0 Å². The van der Waals surface area contributed by atoms with Gasteiger partial charge < -0.3 is 9.47 Å². The van der Waals surface area contributed by atoms with E-state index in [0.29, 0.717) is 13.2 Å². The molecule has 3 rings (SSSR count). The zero-order chi connectivity index (χ0) is 11.2. The van der Waals surface area contributed by atoms with E-state index in [2.05, 4.69) is 13.0 Å². The van der Waals surface area contributed by atoms with Crippen LogP contribution in [-0.2, 0) is 19.2 Å². The summed E-state index contributed by atoms with van der Waals surface area (Å²) in [6.45, 7) is 5.49. The molecule has 1 aliphatic carbocycles. The maximum Gasteiger partial charge on any atom is 0.206 e. The molecule has 4 nitrogen and oxygen atoms in total. The van der Waals surface area contributed by atoms with Crippen LogP contribution in [0.5, 0.6) is 0 Å². The fourth-order valence-electron chi connectivity index (χ4n) is 2.69. The Hall–Kier alpha value is -0.420. The normalized spacial score (nSPS) is 41.9. The molecule has 0 saturated carbocycles. The largest absolute Gasteiger partial charge is 0.381 e. The van der Waals surface area contributed by atoms with Crippen LogP contribution in [0.15, 0.2) is 11.6 Å². The molecule has 2 aliphatic heterocycles. The van der Waals surface area contributed by atoms with Crippen LogP contribution in [0.2, 0.25) is 0 Å². The summed E-state index contributed by atoms with van der Waals surface area (Å²) in [4.78, 5) is 11.2. The first-order chi connectivity index (χ1) is 7.62. The third kappa shape index (κ3) is 1.61. The van der Waals surface area contributed by atoms with E-state index < -0.39 is 5.79 Å². The molecule has 90 valence electrons. The molecule has 0 unspecified atom stereocenters. The lowest BCUT2D eigenvalue weighted by atomic mass is 9.98. The average Bonchev–Trinajstić information content (AvgIpc) is 2.54. The van der Waals surface area contributed by atoms with Crippen LogP contribution in [0, 0.1) is 0 Å². The van der Waals surface area contributed by atoms with Gasteiger partial charge in [0.25, 0.3) is 0 Å². The highest BCUT2D eigenvalue weighted by atomic mass is 17.2. The van der Waals surface area contributed by atoms with E-state index in [4.69, 9.17) is 19.2 Å². The van der Waals surface area contributed by atoms with E-state index >= 15 is 0 Å². The summed E-state index contributed by atoms with van der Waals surface area (Å²) >= 11 is 0. The Kier molecular flexibility index (Phi) is 2.37. The molecule has 0 radical (unpaired) electrons. The van der Waals surface area contributed by atoms with Gasteiger partial charge in [-0.15, -0.1) is 0 Å². The molecule has 3 aliphatic rings. The van der Waals surface area contributed by atoms with Gasteiger partial charge in [-0.05, 0) is 13.8 Å². The molecule has 1 spiro atoms. The van der Waals surface area contributed by atoms with Crippen molar-refractivity contribution >= 4 is 0 Å². The zero-order valence-electron chi connectivity index (χ0n) is 9.82. The number of fused-ring (bicyclic) bond motifs is 1. The van der Waals surface area contributed by atoms with Gasteiger partial charge in [0.05, 0.1) is 13.2 Å². The number of rotatable bonds is 0. The minimum Gasteiger partial charge on any atom is -0.381 e. The van der Waals surface area contributed by atoms with Gasteiger partial charge in [0.15, 0.2) is 0 Å². The van der Waals surface area contributed by atoms with E-state index in [1.165, 1.54) is 5.57 Å². The molecule has 2 atom stereocenters. The first-order valence-electron chi connectivity index (χ1n) is 5.92. The second-order valence-electron chi connectivity index (χ2n) is 5.23. The standard InChI is InChI=1S/C12H18O4/c1-9-7-10-11(2,8-9)15-16-12(14-10)3-5-13-6-4-12/h7,10H,3-6,8H2,1-2H3/t10-,11+/m1/s1. The summed E-state index contributed by atoms with van der Waals surface area (Å²) in [7, 11) is 0. The van der Waals surface area contributed by atoms with Crippen LogP contribution in [-0.4, -0.2) is 30.7 Å². The van der Waals surface area contributed by atoms with Gasteiger partial charge in [0, 0.05) is 19.3 Å². The molecule has 4 heteroatoms. The van der Waals surface area contributed by atoms with Gasteiger partial charge in [-0.2, -0.15) is 0 Å². The number of hydrogen-bond acceptors (Lipinski definition) is 4. The molecule has 2 saturated heterocycles. The van der Waals surface area contributed by atoms with Crippen molar-refractivity contribution in [2.75, 3.05) is 13.2 Å². The van der Waals surface area contributed by atoms with Crippen molar-refractivity contribution in [3.05, 3.63) is 11.6 Å². The van der Waals surface area contributed by atoms with Gasteiger partial charge in [-0.1, -0.05) is 11.6 Å². The van der Waals surface area contributed by atoms with Crippen molar-refractivity contribution in [2.45, 2.75) is 50.6 Å². The SMILES string of the molecule is CC1=C[C@H]2OC3(CCOCC3)OO[C@@]2(C)C1. The van der Waals surface area contributed by atoms with Gasteiger partial charge >= 0.3 is 0 Å². The second-order valence-corrected chi connectivity index (χ2v) is 5.23. The average molecular weight is 226 g/mol. The molecule has 0 amide bonds. The molecule has 16 heavy (non-hydrogen) atoms. The Morgan fingerprint density at radius 1 is 1.25 bits per heavy atom. The number of ether oxygens (including phenoxy) is 2. The topological polar surface area (TPSA) is 36.9 Å². The Balaban J connectivity index is 1.79. The molecule has 0 bridgehead atoms. The highest BCUT2D eigenvalue weighted by Crippen LogP contribution is 2.44. The molecule has 0 aromatic carbocycles. The molecule has 0 aromatic rings. The van der Waals surface area contributed by atoms with Crippen LogP contribution >= 0.6 is 0 Å².